The molecule has 3 rings (SSSR count). The Hall–Kier alpha value is -0.810. The second-order valence-electron chi connectivity index (χ2n) is 5.74. The number of nitrogens with one attached hydrogen (secondary N) is 1. The van der Waals surface area contributed by atoms with Crippen LogP contribution in [0.15, 0.2) is 18.2 Å². The summed E-state index contributed by atoms with van der Waals surface area (Å²) in [5.74, 6) is -0.000152. The Labute approximate surface area is 135 Å². The van der Waals surface area contributed by atoms with E-state index in [1.54, 1.807) is 18.2 Å². The van der Waals surface area contributed by atoms with Crippen molar-refractivity contribution in [1.29, 1.82) is 0 Å². The van der Waals surface area contributed by atoms with Crippen molar-refractivity contribution in [2.24, 2.45) is 0 Å². The smallest absolute Gasteiger partial charge is 0.238 e. The molecule has 2 fully saturated rings. The Bertz CT molecular complexity index is 538. The zero-order chi connectivity index (χ0) is 14.8. The number of hydrogen-bond donors (Lipinski definition) is 1. The lowest BCUT2D eigenvalue weighted by Gasteiger charge is -2.37. The zero-order valence-corrected chi connectivity index (χ0v) is 13.3. The van der Waals surface area contributed by atoms with Crippen molar-refractivity contribution in [3.05, 3.63) is 28.2 Å². The second kappa shape index (κ2) is 6.53. The van der Waals surface area contributed by atoms with Crippen molar-refractivity contribution in [1.82, 2.24) is 9.80 Å². The summed E-state index contributed by atoms with van der Waals surface area (Å²) in [6.07, 6.45) is 2.54. The number of carbonyl (C=O) groups excluding carboxylic acids is 1. The molecule has 0 spiro atoms. The van der Waals surface area contributed by atoms with Gasteiger partial charge in [0.15, 0.2) is 0 Å². The molecule has 1 aromatic rings. The summed E-state index contributed by atoms with van der Waals surface area (Å²) < 4.78 is 0. The third-order valence-corrected chi connectivity index (χ3v) is 4.98. The van der Waals surface area contributed by atoms with Gasteiger partial charge < -0.3 is 5.32 Å². The molecule has 0 aromatic heterocycles. The minimum atomic E-state index is -0.000152. The summed E-state index contributed by atoms with van der Waals surface area (Å²) in [5.41, 5.74) is 0.689. The van der Waals surface area contributed by atoms with Crippen LogP contribution < -0.4 is 5.32 Å². The van der Waals surface area contributed by atoms with E-state index < -0.39 is 0 Å². The quantitative estimate of drug-likeness (QED) is 0.927. The van der Waals surface area contributed by atoms with E-state index in [4.69, 9.17) is 23.2 Å². The van der Waals surface area contributed by atoms with Gasteiger partial charge in [-0.05, 0) is 37.6 Å². The summed E-state index contributed by atoms with van der Waals surface area (Å²) in [5, 5.41) is 3.83. The number of halogens is 2. The maximum Gasteiger partial charge on any atom is 0.238 e. The third kappa shape index (κ3) is 3.69. The molecule has 0 saturated carbocycles. The maximum atomic E-state index is 12.1. The van der Waals surface area contributed by atoms with Crippen LogP contribution in [0.25, 0.3) is 0 Å². The summed E-state index contributed by atoms with van der Waals surface area (Å²) in [7, 11) is 0. The van der Waals surface area contributed by atoms with Crippen LogP contribution in [-0.2, 0) is 4.79 Å². The minimum Gasteiger partial charge on any atom is -0.325 e. The molecule has 2 aliphatic heterocycles. The van der Waals surface area contributed by atoms with E-state index in [0.717, 1.165) is 19.6 Å². The molecule has 0 bridgehead atoms. The van der Waals surface area contributed by atoms with E-state index >= 15 is 0 Å². The molecular weight excluding hydrogens is 309 g/mol. The predicted molar refractivity (Wildman–Crippen MR) is 86.1 cm³/mol. The Morgan fingerprint density at radius 2 is 2.10 bits per heavy atom. The topological polar surface area (TPSA) is 35.6 Å². The molecule has 2 heterocycles. The number of fused-ring (bicyclic) bond motifs is 1. The standard InChI is InChI=1S/C15H19Cl2N3O/c16-13-4-3-11(8-14(13)17)18-15(21)10-19-6-7-20-5-1-2-12(20)9-19/h3-4,8,12H,1-2,5-7,9-10H2,(H,18,21). The first-order chi connectivity index (χ1) is 10.1. The molecule has 21 heavy (non-hydrogen) atoms. The van der Waals surface area contributed by atoms with Crippen LogP contribution in [0.1, 0.15) is 12.8 Å². The lowest BCUT2D eigenvalue weighted by atomic mass is 10.1. The molecule has 6 heteroatoms. The predicted octanol–water partition coefficient (Wildman–Crippen LogP) is 2.71. The number of amides is 1. The molecule has 114 valence electrons. The normalized spacial score (nSPS) is 23.0. The summed E-state index contributed by atoms with van der Waals surface area (Å²) in [4.78, 5) is 16.9. The third-order valence-electron chi connectivity index (χ3n) is 4.24. The first-order valence-corrected chi connectivity index (χ1v) is 8.09. The van der Waals surface area contributed by atoms with Gasteiger partial charge in [-0.25, -0.2) is 0 Å². The van der Waals surface area contributed by atoms with Crippen molar-refractivity contribution in [3.63, 3.8) is 0 Å². The number of benzene rings is 1. The van der Waals surface area contributed by atoms with Gasteiger partial charge in [-0.15, -0.1) is 0 Å². The zero-order valence-electron chi connectivity index (χ0n) is 11.8. The average Bonchev–Trinajstić information content (AvgIpc) is 2.90. The van der Waals surface area contributed by atoms with Gasteiger partial charge in [0.05, 0.1) is 16.6 Å². The molecular formula is C15H19Cl2N3O. The van der Waals surface area contributed by atoms with Gasteiger partial charge in [-0.2, -0.15) is 0 Å². The fourth-order valence-electron chi connectivity index (χ4n) is 3.18. The highest BCUT2D eigenvalue weighted by molar-refractivity contribution is 6.42. The number of rotatable bonds is 3. The minimum absolute atomic E-state index is 0.000152. The van der Waals surface area contributed by atoms with E-state index in [9.17, 15) is 4.79 Å². The Morgan fingerprint density at radius 3 is 2.90 bits per heavy atom. The van der Waals surface area contributed by atoms with Crippen molar-refractivity contribution >= 4 is 34.8 Å². The molecule has 1 atom stereocenters. The lowest BCUT2D eigenvalue weighted by molar-refractivity contribution is -0.117. The molecule has 1 unspecified atom stereocenters. The number of hydrogen-bond acceptors (Lipinski definition) is 3. The molecule has 2 aliphatic rings. The highest BCUT2D eigenvalue weighted by Crippen LogP contribution is 2.25. The number of piperazine rings is 1. The largest absolute Gasteiger partial charge is 0.325 e. The number of carbonyl (C=O) groups is 1. The Morgan fingerprint density at radius 1 is 1.24 bits per heavy atom. The van der Waals surface area contributed by atoms with Crippen LogP contribution in [0.3, 0.4) is 0 Å². The monoisotopic (exact) mass is 327 g/mol. The van der Waals surface area contributed by atoms with Gasteiger partial charge in [0.25, 0.3) is 0 Å². The van der Waals surface area contributed by atoms with E-state index in [2.05, 4.69) is 15.1 Å². The molecule has 0 aliphatic carbocycles. The van der Waals surface area contributed by atoms with Crippen molar-refractivity contribution in [2.75, 3.05) is 38.0 Å². The SMILES string of the molecule is O=C(CN1CCN2CCCC2C1)Nc1ccc(Cl)c(Cl)c1. The Kier molecular flexibility index (Phi) is 4.69. The van der Waals surface area contributed by atoms with Gasteiger partial charge >= 0.3 is 0 Å². The second-order valence-corrected chi connectivity index (χ2v) is 6.56. The lowest BCUT2D eigenvalue weighted by Crippen LogP contribution is -2.51. The van der Waals surface area contributed by atoms with Gasteiger partial charge in [0, 0.05) is 31.4 Å². The van der Waals surface area contributed by atoms with E-state index in [0.29, 0.717) is 28.3 Å². The van der Waals surface area contributed by atoms with Crippen LogP contribution in [0.5, 0.6) is 0 Å². The van der Waals surface area contributed by atoms with Crippen LogP contribution >= 0.6 is 23.2 Å². The fraction of sp³-hybridized carbons (Fsp3) is 0.533. The highest BCUT2D eigenvalue weighted by Gasteiger charge is 2.30. The molecule has 0 radical (unpaired) electrons. The van der Waals surface area contributed by atoms with E-state index in [1.165, 1.54) is 19.4 Å². The van der Waals surface area contributed by atoms with Gasteiger partial charge in [-0.3, -0.25) is 14.6 Å². The Balaban J connectivity index is 1.53. The number of nitrogens with zero attached hydrogens (tertiary/aromatic N) is 2. The van der Waals surface area contributed by atoms with Gasteiger partial charge in [-0.1, -0.05) is 23.2 Å². The van der Waals surface area contributed by atoms with Crippen molar-refractivity contribution in [2.45, 2.75) is 18.9 Å². The summed E-state index contributed by atoms with van der Waals surface area (Å²) >= 11 is 11.8. The van der Waals surface area contributed by atoms with E-state index in [-0.39, 0.29) is 5.91 Å². The van der Waals surface area contributed by atoms with Crippen LogP contribution in [0.2, 0.25) is 10.0 Å². The highest BCUT2D eigenvalue weighted by atomic mass is 35.5. The number of anilines is 1. The molecule has 1 N–H and O–H groups in total. The van der Waals surface area contributed by atoms with Gasteiger partial charge in [0.1, 0.15) is 0 Å². The van der Waals surface area contributed by atoms with Crippen LogP contribution in [-0.4, -0.2) is 54.5 Å². The molecule has 1 amide bonds. The van der Waals surface area contributed by atoms with Gasteiger partial charge in [0.2, 0.25) is 5.91 Å². The molecule has 2 saturated heterocycles. The summed E-state index contributed by atoms with van der Waals surface area (Å²) in [6, 6.07) is 5.77. The molecule has 4 nitrogen and oxygen atoms in total. The summed E-state index contributed by atoms with van der Waals surface area (Å²) in [6.45, 7) is 4.68. The van der Waals surface area contributed by atoms with Crippen LogP contribution in [0, 0.1) is 0 Å². The average molecular weight is 328 g/mol. The van der Waals surface area contributed by atoms with E-state index in [1.807, 2.05) is 0 Å². The maximum absolute atomic E-state index is 12.1. The van der Waals surface area contributed by atoms with Crippen molar-refractivity contribution in [3.8, 4) is 0 Å². The molecule has 1 aromatic carbocycles. The van der Waals surface area contributed by atoms with Crippen molar-refractivity contribution < 1.29 is 4.79 Å². The van der Waals surface area contributed by atoms with Crippen LogP contribution in [0.4, 0.5) is 5.69 Å². The fourth-order valence-corrected chi connectivity index (χ4v) is 3.47. The first-order valence-electron chi connectivity index (χ1n) is 7.33. The first kappa shape index (κ1) is 15.1.